The lowest BCUT2D eigenvalue weighted by atomic mass is 9.86. The lowest BCUT2D eigenvalue weighted by Gasteiger charge is -2.41. The van der Waals surface area contributed by atoms with Gasteiger partial charge in [0.15, 0.2) is 5.84 Å². The summed E-state index contributed by atoms with van der Waals surface area (Å²) < 4.78 is 21.2. The van der Waals surface area contributed by atoms with Gasteiger partial charge in [0, 0.05) is 25.2 Å². The Balaban J connectivity index is 1.36. The molecule has 34 heavy (non-hydrogen) atoms. The fourth-order valence-corrected chi connectivity index (χ4v) is 5.11. The van der Waals surface area contributed by atoms with E-state index in [1.165, 1.54) is 25.0 Å². The SMILES string of the molecule is COc1cc(C=C2CC3(CC3)CN3C2=NOC3(C)c2ccc(F)cc2)ccc1-n1cnc(C)c1. The second kappa shape index (κ2) is 7.45. The van der Waals surface area contributed by atoms with Crippen molar-refractivity contribution in [2.45, 2.75) is 38.8 Å². The van der Waals surface area contributed by atoms with E-state index in [-0.39, 0.29) is 11.2 Å². The largest absolute Gasteiger partial charge is 0.495 e. The van der Waals surface area contributed by atoms with E-state index < -0.39 is 5.72 Å². The van der Waals surface area contributed by atoms with Crippen molar-refractivity contribution in [2.24, 2.45) is 10.6 Å². The summed E-state index contributed by atoms with van der Waals surface area (Å²) in [4.78, 5) is 12.6. The summed E-state index contributed by atoms with van der Waals surface area (Å²) in [5.74, 6) is 1.38. The number of hydrogen-bond acceptors (Lipinski definition) is 5. The number of imidazole rings is 1. The number of fused-ring (bicyclic) bond motifs is 1. The number of oxime groups is 1. The van der Waals surface area contributed by atoms with Crippen molar-refractivity contribution in [3.8, 4) is 11.4 Å². The van der Waals surface area contributed by atoms with Crippen molar-refractivity contribution in [1.82, 2.24) is 14.5 Å². The van der Waals surface area contributed by atoms with Crippen LogP contribution in [0.25, 0.3) is 11.8 Å². The van der Waals surface area contributed by atoms with E-state index in [0.29, 0.717) is 0 Å². The molecule has 174 valence electrons. The molecule has 1 aromatic heterocycles. The van der Waals surface area contributed by atoms with Crippen molar-refractivity contribution < 1.29 is 14.0 Å². The van der Waals surface area contributed by atoms with Crippen LogP contribution < -0.4 is 4.74 Å². The lowest BCUT2D eigenvalue weighted by molar-refractivity contribution is -0.0968. The van der Waals surface area contributed by atoms with Crippen LogP contribution in [0.4, 0.5) is 4.39 Å². The van der Waals surface area contributed by atoms with Crippen LogP contribution in [0.5, 0.6) is 5.75 Å². The summed E-state index contributed by atoms with van der Waals surface area (Å²) in [6, 6.07) is 12.7. The Bertz CT molecular complexity index is 1320. The quantitative estimate of drug-likeness (QED) is 0.524. The minimum absolute atomic E-state index is 0.248. The number of methoxy groups -OCH3 is 1. The molecule has 3 aliphatic rings. The normalized spacial score (nSPS) is 23.6. The molecule has 7 heteroatoms. The summed E-state index contributed by atoms with van der Waals surface area (Å²) >= 11 is 0. The molecule has 3 aromatic rings. The van der Waals surface area contributed by atoms with Crippen LogP contribution in [0.3, 0.4) is 0 Å². The van der Waals surface area contributed by atoms with Gasteiger partial charge in [0.2, 0.25) is 5.72 Å². The van der Waals surface area contributed by atoms with Crippen LogP contribution in [0, 0.1) is 18.2 Å². The average Bonchev–Trinajstić information content (AvgIpc) is 3.27. The molecule has 1 unspecified atom stereocenters. The number of amidine groups is 1. The van der Waals surface area contributed by atoms with Gasteiger partial charge in [-0.1, -0.05) is 23.4 Å². The van der Waals surface area contributed by atoms with Crippen LogP contribution in [0.2, 0.25) is 0 Å². The van der Waals surface area contributed by atoms with Crippen molar-refractivity contribution >= 4 is 11.9 Å². The van der Waals surface area contributed by atoms with E-state index in [4.69, 9.17) is 9.57 Å². The van der Waals surface area contributed by atoms with E-state index in [1.54, 1.807) is 25.6 Å². The minimum atomic E-state index is -0.751. The van der Waals surface area contributed by atoms with Crippen LogP contribution in [0.1, 0.15) is 43.0 Å². The smallest absolute Gasteiger partial charge is 0.234 e. The number of aromatic nitrogens is 2. The predicted molar refractivity (Wildman–Crippen MR) is 128 cm³/mol. The maximum Gasteiger partial charge on any atom is 0.234 e. The molecule has 0 radical (unpaired) electrons. The second-order valence-corrected chi connectivity index (χ2v) is 9.78. The molecule has 0 amide bonds. The highest BCUT2D eigenvalue weighted by atomic mass is 19.1. The number of piperidine rings is 1. The molecule has 1 saturated carbocycles. The van der Waals surface area contributed by atoms with Crippen molar-refractivity contribution in [2.75, 3.05) is 13.7 Å². The highest BCUT2D eigenvalue weighted by molar-refractivity contribution is 6.04. The molecule has 6 rings (SSSR count). The first kappa shape index (κ1) is 21.0. The van der Waals surface area contributed by atoms with Gasteiger partial charge in [-0.3, -0.25) is 0 Å². The van der Waals surface area contributed by atoms with Gasteiger partial charge in [-0.15, -0.1) is 0 Å². The Morgan fingerprint density at radius 3 is 2.62 bits per heavy atom. The van der Waals surface area contributed by atoms with Gasteiger partial charge in [-0.2, -0.15) is 0 Å². The van der Waals surface area contributed by atoms with E-state index in [2.05, 4.69) is 33.2 Å². The van der Waals surface area contributed by atoms with E-state index >= 15 is 0 Å². The van der Waals surface area contributed by atoms with E-state index in [9.17, 15) is 4.39 Å². The fourth-order valence-electron chi connectivity index (χ4n) is 5.11. The summed E-state index contributed by atoms with van der Waals surface area (Å²) in [6.45, 7) is 4.87. The third-order valence-corrected chi connectivity index (χ3v) is 7.30. The molecule has 3 heterocycles. The Morgan fingerprint density at radius 1 is 1.15 bits per heavy atom. The topological polar surface area (TPSA) is 51.9 Å². The predicted octanol–water partition coefficient (Wildman–Crippen LogP) is 5.41. The molecular formula is C27H27FN4O2. The number of rotatable bonds is 4. The number of hydrogen-bond donors (Lipinski definition) is 0. The molecule has 1 spiro atoms. The minimum Gasteiger partial charge on any atom is -0.495 e. The summed E-state index contributed by atoms with van der Waals surface area (Å²) in [5.41, 5.74) is 4.49. The second-order valence-electron chi connectivity index (χ2n) is 9.78. The highest BCUT2D eigenvalue weighted by Crippen LogP contribution is 2.57. The van der Waals surface area contributed by atoms with Crippen LogP contribution in [0.15, 0.2) is 65.7 Å². The molecule has 2 aliphatic heterocycles. The zero-order valence-electron chi connectivity index (χ0n) is 19.6. The molecule has 6 nitrogen and oxygen atoms in total. The number of halogens is 1. The Kier molecular flexibility index (Phi) is 4.59. The molecule has 0 N–H and O–H groups in total. The molecule has 1 saturated heterocycles. The molecular weight excluding hydrogens is 431 g/mol. The van der Waals surface area contributed by atoms with Gasteiger partial charge in [0.25, 0.3) is 0 Å². The zero-order valence-corrected chi connectivity index (χ0v) is 19.6. The first-order valence-corrected chi connectivity index (χ1v) is 11.6. The first-order chi connectivity index (χ1) is 16.4. The van der Waals surface area contributed by atoms with E-state index in [0.717, 1.165) is 52.6 Å². The number of ether oxygens (including phenoxy) is 1. The van der Waals surface area contributed by atoms with Gasteiger partial charge < -0.3 is 19.0 Å². The number of nitrogens with zero attached hydrogens (tertiary/aromatic N) is 4. The van der Waals surface area contributed by atoms with Gasteiger partial charge in [0.05, 0.1) is 24.8 Å². The number of benzene rings is 2. The van der Waals surface area contributed by atoms with Crippen molar-refractivity contribution in [1.29, 1.82) is 0 Å². The maximum absolute atomic E-state index is 13.6. The van der Waals surface area contributed by atoms with Crippen LogP contribution >= 0.6 is 0 Å². The average molecular weight is 459 g/mol. The third kappa shape index (κ3) is 3.38. The molecule has 1 atom stereocenters. The zero-order chi connectivity index (χ0) is 23.5. The maximum atomic E-state index is 13.6. The number of aryl methyl sites for hydroxylation is 1. The molecule has 1 aliphatic carbocycles. The summed E-state index contributed by atoms with van der Waals surface area (Å²) in [5, 5.41) is 4.53. The highest BCUT2D eigenvalue weighted by Gasteiger charge is 2.56. The molecule has 0 bridgehead atoms. The fraction of sp³-hybridized carbons (Fsp3) is 0.333. The van der Waals surface area contributed by atoms with Gasteiger partial charge >= 0.3 is 0 Å². The van der Waals surface area contributed by atoms with E-state index in [1.807, 2.05) is 30.7 Å². The lowest BCUT2D eigenvalue weighted by Crippen LogP contribution is -2.50. The Morgan fingerprint density at radius 2 is 1.94 bits per heavy atom. The monoisotopic (exact) mass is 458 g/mol. The summed E-state index contributed by atoms with van der Waals surface area (Å²) in [6.07, 6.45) is 9.31. The van der Waals surface area contributed by atoms with Gasteiger partial charge in [0.1, 0.15) is 11.6 Å². The summed E-state index contributed by atoms with van der Waals surface area (Å²) in [7, 11) is 1.68. The Hall–Kier alpha value is -3.61. The molecule has 2 fully saturated rings. The van der Waals surface area contributed by atoms with Gasteiger partial charge in [-0.05, 0) is 73.1 Å². The standard InChI is InChI=1S/C27H27FN4O2/c1-18-15-31(17-29-18)23-9-4-19(13-24(23)33-3)12-20-14-27(10-11-27)16-32-25(20)30-34-26(32,2)21-5-7-22(28)8-6-21/h4-9,12-13,15,17H,10-11,14,16H2,1-3H3. The van der Waals surface area contributed by atoms with Crippen molar-refractivity contribution in [3.63, 3.8) is 0 Å². The van der Waals surface area contributed by atoms with Crippen LogP contribution in [-0.2, 0) is 10.6 Å². The third-order valence-electron chi connectivity index (χ3n) is 7.30. The first-order valence-electron chi connectivity index (χ1n) is 11.6. The van der Waals surface area contributed by atoms with Gasteiger partial charge in [-0.25, -0.2) is 9.37 Å². The van der Waals surface area contributed by atoms with Crippen LogP contribution in [-0.4, -0.2) is 33.9 Å². The Labute approximate surface area is 198 Å². The molecule has 2 aromatic carbocycles. The van der Waals surface area contributed by atoms with Crippen molar-refractivity contribution in [3.05, 3.63) is 83.2 Å².